The van der Waals surface area contributed by atoms with Gasteiger partial charge < -0.3 is 5.32 Å². The quantitative estimate of drug-likeness (QED) is 0.662. The molecule has 1 fully saturated rings. The number of para-hydroxylation sites is 1. The highest BCUT2D eigenvalue weighted by Gasteiger charge is 2.22. The van der Waals surface area contributed by atoms with Gasteiger partial charge in [-0.1, -0.05) is 12.1 Å². The van der Waals surface area contributed by atoms with E-state index in [9.17, 15) is 18.0 Å². The second-order valence-corrected chi connectivity index (χ2v) is 8.85. The van der Waals surface area contributed by atoms with Crippen LogP contribution in [0.5, 0.6) is 0 Å². The number of fused-ring (bicyclic) bond motifs is 1. The molecule has 28 heavy (non-hydrogen) atoms. The van der Waals surface area contributed by atoms with Crippen LogP contribution in [0.4, 0.5) is 0 Å². The molecule has 1 aliphatic rings. The van der Waals surface area contributed by atoms with E-state index in [1.807, 2.05) is 6.07 Å². The lowest BCUT2D eigenvalue weighted by Crippen LogP contribution is -2.49. The Morgan fingerprint density at radius 2 is 1.86 bits per heavy atom. The highest BCUT2D eigenvalue weighted by molar-refractivity contribution is 7.88. The van der Waals surface area contributed by atoms with Gasteiger partial charge in [0, 0.05) is 52.2 Å². The number of nitrogens with one attached hydrogen (secondary N) is 1. The average Bonchev–Trinajstić information content (AvgIpc) is 2.67. The molecule has 9 nitrogen and oxygen atoms in total. The van der Waals surface area contributed by atoms with Crippen molar-refractivity contribution in [3.05, 3.63) is 40.9 Å². The maximum Gasteiger partial charge on any atom is 0.261 e. The fraction of sp³-hybridized carbons (Fsp3) is 0.500. The molecule has 2 heterocycles. The smallest absolute Gasteiger partial charge is 0.261 e. The van der Waals surface area contributed by atoms with E-state index in [1.165, 1.54) is 21.5 Å². The molecule has 1 aliphatic heterocycles. The standard InChI is InChI=1S/C18H25N5O4S/c1-28(26,27)23-12-10-21(11-13-23)9-7-19-17(24)6-8-22-14-20-16-5-3-2-4-15(16)18(22)25/h2-5,14H,6-13H2,1H3,(H,19,24). The zero-order valence-electron chi connectivity index (χ0n) is 15.9. The van der Waals surface area contributed by atoms with Gasteiger partial charge >= 0.3 is 0 Å². The lowest BCUT2D eigenvalue weighted by atomic mass is 10.2. The fourth-order valence-electron chi connectivity index (χ4n) is 3.21. The summed E-state index contributed by atoms with van der Waals surface area (Å²) in [4.78, 5) is 30.8. The van der Waals surface area contributed by atoms with Crippen LogP contribution in [0.1, 0.15) is 6.42 Å². The zero-order chi connectivity index (χ0) is 20.1. The molecule has 0 unspecified atom stereocenters. The van der Waals surface area contributed by atoms with Gasteiger partial charge in [0.2, 0.25) is 15.9 Å². The number of nitrogens with zero attached hydrogens (tertiary/aromatic N) is 4. The predicted molar refractivity (Wildman–Crippen MR) is 106 cm³/mol. The van der Waals surface area contributed by atoms with E-state index in [0.717, 1.165) is 0 Å². The monoisotopic (exact) mass is 407 g/mol. The number of aromatic nitrogens is 2. The Balaban J connectivity index is 1.41. The summed E-state index contributed by atoms with van der Waals surface area (Å²) >= 11 is 0. The Morgan fingerprint density at radius 3 is 2.57 bits per heavy atom. The number of amides is 1. The van der Waals surface area contributed by atoms with E-state index in [0.29, 0.717) is 50.2 Å². The van der Waals surface area contributed by atoms with E-state index >= 15 is 0 Å². The first-order valence-corrected chi connectivity index (χ1v) is 11.1. The van der Waals surface area contributed by atoms with E-state index in [4.69, 9.17) is 0 Å². The summed E-state index contributed by atoms with van der Waals surface area (Å²) < 4.78 is 25.9. The summed E-state index contributed by atoms with van der Waals surface area (Å²) in [5.41, 5.74) is 0.492. The van der Waals surface area contributed by atoms with Gasteiger partial charge in [-0.3, -0.25) is 19.1 Å². The maximum absolute atomic E-state index is 12.4. The molecule has 1 aromatic carbocycles. The summed E-state index contributed by atoms with van der Waals surface area (Å²) in [5, 5.41) is 3.39. The molecule has 1 N–H and O–H groups in total. The first kappa shape index (κ1) is 20.4. The Kier molecular flexibility index (Phi) is 6.42. The van der Waals surface area contributed by atoms with Crippen LogP contribution in [0.15, 0.2) is 35.4 Å². The van der Waals surface area contributed by atoms with Gasteiger partial charge in [0.1, 0.15) is 0 Å². The van der Waals surface area contributed by atoms with E-state index < -0.39 is 10.0 Å². The molecule has 1 amide bonds. The number of sulfonamides is 1. The number of aryl methyl sites for hydroxylation is 1. The number of carbonyl (C=O) groups excluding carboxylic acids is 1. The van der Waals surface area contributed by atoms with Crippen molar-refractivity contribution >= 4 is 26.8 Å². The highest BCUT2D eigenvalue weighted by atomic mass is 32.2. The Bertz CT molecular complexity index is 996. The van der Waals surface area contributed by atoms with Crippen molar-refractivity contribution in [2.24, 2.45) is 0 Å². The van der Waals surface area contributed by atoms with Gasteiger partial charge in [0.05, 0.1) is 23.5 Å². The molecule has 0 saturated carbocycles. The van der Waals surface area contributed by atoms with Crippen molar-refractivity contribution in [1.82, 2.24) is 24.1 Å². The van der Waals surface area contributed by atoms with Gasteiger partial charge in [-0.25, -0.2) is 13.4 Å². The molecule has 2 aromatic rings. The molecule has 0 bridgehead atoms. The summed E-state index contributed by atoms with van der Waals surface area (Å²) in [7, 11) is -3.13. The largest absolute Gasteiger partial charge is 0.355 e. The minimum atomic E-state index is -3.13. The molecule has 1 aromatic heterocycles. The molecular formula is C18H25N5O4S. The van der Waals surface area contributed by atoms with Gasteiger partial charge in [-0.15, -0.1) is 0 Å². The lowest BCUT2D eigenvalue weighted by Gasteiger charge is -2.33. The van der Waals surface area contributed by atoms with Crippen molar-refractivity contribution in [3.8, 4) is 0 Å². The van der Waals surface area contributed by atoms with E-state index in [2.05, 4.69) is 15.2 Å². The van der Waals surface area contributed by atoms with Crippen molar-refractivity contribution in [2.45, 2.75) is 13.0 Å². The van der Waals surface area contributed by atoms with Crippen LogP contribution in [-0.2, 0) is 21.4 Å². The third-order valence-corrected chi connectivity index (χ3v) is 6.16. The second kappa shape index (κ2) is 8.80. The molecule has 152 valence electrons. The predicted octanol–water partition coefficient (Wildman–Crippen LogP) is -0.520. The van der Waals surface area contributed by atoms with Crippen molar-refractivity contribution < 1.29 is 13.2 Å². The fourth-order valence-corrected chi connectivity index (χ4v) is 4.04. The minimum Gasteiger partial charge on any atom is -0.355 e. The second-order valence-electron chi connectivity index (χ2n) is 6.86. The maximum atomic E-state index is 12.4. The third-order valence-electron chi connectivity index (χ3n) is 4.86. The first-order valence-electron chi connectivity index (χ1n) is 9.23. The zero-order valence-corrected chi connectivity index (χ0v) is 16.7. The van der Waals surface area contributed by atoms with Crippen LogP contribution in [-0.4, -0.2) is 78.6 Å². The molecular weight excluding hydrogens is 382 g/mol. The molecule has 3 rings (SSSR count). The average molecular weight is 407 g/mol. The van der Waals surface area contributed by atoms with Gasteiger partial charge in [0.25, 0.3) is 5.56 Å². The van der Waals surface area contributed by atoms with Gasteiger partial charge in [-0.2, -0.15) is 4.31 Å². The summed E-state index contributed by atoms with van der Waals surface area (Å²) in [5.74, 6) is -0.130. The topological polar surface area (TPSA) is 105 Å². The van der Waals surface area contributed by atoms with Crippen molar-refractivity contribution in [1.29, 1.82) is 0 Å². The Labute approximate surface area is 164 Å². The van der Waals surface area contributed by atoms with Gasteiger partial charge in [0.15, 0.2) is 0 Å². The molecule has 0 radical (unpaired) electrons. The Hall–Kier alpha value is -2.30. The Morgan fingerprint density at radius 1 is 1.14 bits per heavy atom. The number of hydrogen-bond donors (Lipinski definition) is 1. The minimum absolute atomic E-state index is 0.130. The lowest BCUT2D eigenvalue weighted by molar-refractivity contribution is -0.121. The summed E-state index contributed by atoms with van der Waals surface area (Å²) in [6, 6.07) is 7.13. The van der Waals surface area contributed by atoms with Crippen LogP contribution in [0.2, 0.25) is 0 Å². The van der Waals surface area contributed by atoms with Gasteiger partial charge in [-0.05, 0) is 12.1 Å². The molecule has 0 aliphatic carbocycles. The molecule has 0 atom stereocenters. The number of carbonyl (C=O) groups is 1. The molecule has 1 saturated heterocycles. The number of benzene rings is 1. The van der Waals surface area contributed by atoms with Crippen LogP contribution in [0, 0.1) is 0 Å². The van der Waals surface area contributed by atoms with E-state index in [-0.39, 0.29) is 24.4 Å². The number of hydrogen-bond acceptors (Lipinski definition) is 6. The SMILES string of the molecule is CS(=O)(=O)N1CCN(CCNC(=O)CCn2cnc3ccccc3c2=O)CC1. The highest BCUT2D eigenvalue weighted by Crippen LogP contribution is 2.06. The van der Waals surface area contributed by atoms with Crippen LogP contribution < -0.4 is 10.9 Å². The normalized spacial score (nSPS) is 16.3. The van der Waals surface area contributed by atoms with Crippen LogP contribution in [0.25, 0.3) is 10.9 Å². The molecule has 10 heteroatoms. The first-order chi connectivity index (χ1) is 13.3. The third kappa shape index (κ3) is 5.15. The summed E-state index contributed by atoms with van der Waals surface area (Å²) in [6.07, 6.45) is 2.89. The van der Waals surface area contributed by atoms with E-state index in [1.54, 1.807) is 18.2 Å². The number of piperazine rings is 1. The number of rotatable bonds is 7. The molecule has 0 spiro atoms. The van der Waals surface area contributed by atoms with Crippen molar-refractivity contribution in [2.75, 3.05) is 45.5 Å². The van der Waals surface area contributed by atoms with Crippen LogP contribution >= 0.6 is 0 Å². The van der Waals surface area contributed by atoms with Crippen molar-refractivity contribution in [3.63, 3.8) is 0 Å². The summed E-state index contributed by atoms with van der Waals surface area (Å²) in [6.45, 7) is 3.69. The van der Waals surface area contributed by atoms with Crippen LogP contribution in [0.3, 0.4) is 0 Å².